The van der Waals surface area contributed by atoms with E-state index >= 15 is 0 Å². The van der Waals surface area contributed by atoms with E-state index in [1.807, 2.05) is 0 Å². The lowest BCUT2D eigenvalue weighted by molar-refractivity contribution is -0.141. The van der Waals surface area contributed by atoms with Gasteiger partial charge in [-0.1, -0.05) is 0 Å². The molecule has 0 unspecified atom stereocenters. The summed E-state index contributed by atoms with van der Waals surface area (Å²) in [4.78, 5) is 6.88. The maximum Gasteiger partial charge on any atom is 0.433 e. The number of hydrogen-bond donors (Lipinski definition) is 0. The van der Waals surface area contributed by atoms with Crippen LogP contribution in [-0.4, -0.2) is 19.6 Å². The van der Waals surface area contributed by atoms with Gasteiger partial charge in [-0.25, -0.2) is 9.37 Å². The molecule has 3 rings (SSSR count). The van der Waals surface area contributed by atoms with Crippen molar-refractivity contribution in [3.8, 4) is 17.7 Å². The Morgan fingerprint density at radius 1 is 1.22 bits per heavy atom. The summed E-state index contributed by atoms with van der Waals surface area (Å²) in [6.45, 7) is 0. The Morgan fingerprint density at radius 2 is 2.00 bits per heavy atom. The fourth-order valence-electron chi connectivity index (χ4n) is 1.77. The fraction of sp³-hybridized carbons (Fsp3) is 0.0769. The fourth-order valence-corrected chi connectivity index (χ4v) is 1.77. The summed E-state index contributed by atoms with van der Waals surface area (Å²) in [5.74, 6) is -2.02. The molecule has 2 heterocycles. The summed E-state index contributed by atoms with van der Waals surface area (Å²) in [6.07, 6.45) is -3.74. The van der Waals surface area contributed by atoms with Crippen molar-refractivity contribution in [3.63, 3.8) is 0 Å². The summed E-state index contributed by atoms with van der Waals surface area (Å²) < 4.78 is 58.4. The molecule has 0 fully saturated rings. The van der Waals surface area contributed by atoms with Crippen molar-refractivity contribution in [1.82, 2.24) is 19.6 Å². The molecule has 0 amide bonds. The number of nitrogens with zero attached hydrogens (tertiary/aromatic N) is 5. The van der Waals surface area contributed by atoms with Gasteiger partial charge in [0.1, 0.15) is 6.33 Å². The van der Waals surface area contributed by atoms with Gasteiger partial charge in [-0.3, -0.25) is 0 Å². The minimum atomic E-state index is -4.73. The minimum absolute atomic E-state index is 0.0476. The molecule has 0 bridgehead atoms. The van der Waals surface area contributed by atoms with E-state index in [0.29, 0.717) is 6.07 Å². The van der Waals surface area contributed by atoms with Crippen LogP contribution in [0.25, 0.3) is 5.78 Å². The first-order valence-corrected chi connectivity index (χ1v) is 6.04. The van der Waals surface area contributed by atoms with Crippen molar-refractivity contribution >= 4 is 5.78 Å². The molecule has 23 heavy (non-hydrogen) atoms. The lowest BCUT2D eigenvalue weighted by atomic mass is 10.2. The molecule has 0 saturated heterocycles. The molecule has 0 atom stereocenters. The van der Waals surface area contributed by atoms with E-state index in [2.05, 4.69) is 15.1 Å². The maximum absolute atomic E-state index is 13.8. The Labute approximate surface area is 125 Å². The van der Waals surface area contributed by atoms with E-state index in [-0.39, 0.29) is 17.1 Å². The average Bonchev–Trinajstić information content (AvgIpc) is 2.97. The highest BCUT2D eigenvalue weighted by molar-refractivity contribution is 5.40. The lowest BCUT2D eigenvalue weighted by Gasteiger charge is -2.11. The summed E-state index contributed by atoms with van der Waals surface area (Å²) >= 11 is 0. The summed E-state index contributed by atoms with van der Waals surface area (Å²) in [7, 11) is 0. The summed E-state index contributed by atoms with van der Waals surface area (Å²) in [5.41, 5.74) is -1.20. The molecule has 0 radical (unpaired) electrons. The van der Waals surface area contributed by atoms with Crippen LogP contribution in [0.2, 0.25) is 0 Å². The smallest absolute Gasteiger partial charge is 0.433 e. The number of alkyl halides is 3. The zero-order valence-electron chi connectivity index (χ0n) is 11.0. The maximum atomic E-state index is 13.8. The van der Waals surface area contributed by atoms with Gasteiger partial charge < -0.3 is 4.74 Å². The molecule has 2 aromatic heterocycles. The molecule has 116 valence electrons. The van der Waals surface area contributed by atoms with Crippen molar-refractivity contribution in [3.05, 3.63) is 47.7 Å². The van der Waals surface area contributed by atoms with E-state index in [1.54, 1.807) is 6.07 Å². The van der Waals surface area contributed by atoms with Crippen LogP contribution in [0, 0.1) is 17.1 Å². The molecule has 0 aliphatic carbocycles. The molecule has 6 nitrogen and oxygen atoms in total. The van der Waals surface area contributed by atoms with Crippen LogP contribution in [-0.2, 0) is 6.18 Å². The third kappa shape index (κ3) is 2.76. The topological polar surface area (TPSA) is 76.1 Å². The second-order valence-corrected chi connectivity index (χ2v) is 4.31. The van der Waals surface area contributed by atoms with Crippen LogP contribution in [0.1, 0.15) is 11.3 Å². The Kier molecular flexibility index (Phi) is 3.33. The molecular weight excluding hydrogens is 318 g/mol. The molecule has 0 aliphatic heterocycles. The third-order valence-electron chi connectivity index (χ3n) is 2.79. The number of benzene rings is 1. The van der Waals surface area contributed by atoms with Crippen LogP contribution >= 0.6 is 0 Å². The van der Waals surface area contributed by atoms with Gasteiger partial charge in [0, 0.05) is 6.07 Å². The number of rotatable bonds is 2. The highest BCUT2D eigenvalue weighted by atomic mass is 19.4. The first-order valence-electron chi connectivity index (χ1n) is 6.04. The predicted octanol–water partition coefficient (Wildman–Crippen LogP) is 2.95. The van der Waals surface area contributed by atoms with Gasteiger partial charge in [-0.05, 0) is 18.2 Å². The zero-order valence-corrected chi connectivity index (χ0v) is 11.0. The molecule has 0 N–H and O–H groups in total. The quantitative estimate of drug-likeness (QED) is 0.678. The summed E-state index contributed by atoms with van der Waals surface area (Å²) in [5, 5.41) is 12.3. The van der Waals surface area contributed by atoms with Crippen LogP contribution in [0.5, 0.6) is 11.6 Å². The standard InChI is InChI=1S/C13H5F4N5O/c14-8-3-7(5-18)1-2-9(8)23-11-4-10(13(15,16)17)21-12-19-6-20-22(11)12/h1-4,6H. The van der Waals surface area contributed by atoms with Gasteiger partial charge in [0.15, 0.2) is 17.3 Å². The molecule has 1 aromatic carbocycles. The van der Waals surface area contributed by atoms with Crippen LogP contribution < -0.4 is 4.74 Å². The van der Waals surface area contributed by atoms with Crippen LogP contribution in [0.3, 0.4) is 0 Å². The summed E-state index contributed by atoms with van der Waals surface area (Å²) in [6, 6.07) is 5.61. The predicted molar refractivity (Wildman–Crippen MR) is 67.0 cm³/mol. The normalized spacial score (nSPS) is 11.4. The van der Waals surface area contributed by atoms with Crippen molar-refractivity contribution < 1.29 is 22.3 Å². The van der Waals surface area contributed by atoms with Crippen LogP contribution in [0.15, 0.2) is 30.6 Å². The van der Waals surface area contributed by atoms with E-state index in [4.69, 9.17) is 10.00 Å². The number of aromatic nitrogens is 4. The monoisotopic (exact) mass is 323 g/mol. The Morgan fingerprint density at radius 3 is 2.65 bits per heavy atom. The molecule has 0 spiro atoms. The lowest BCUT2D eigenvalue weighted by Crippen LogP contribution is -2.11. The van der Waals surface area contributed by atoms with Crippen LogP contribution in [0.4, 0.5) is 17.6 Å². The number of nitriles is 1. The van der Waals surface area contributed by atoms with E-state index in [1.165, 1.54) is 6.07 Å². The Bertz CT molecular complexity index is 928. The Hall–Kier alpha value is -3.22. The molecule has 3 aromatic rings. The van der Waals surface area contributed by atoms with E-state index < -0.39 is 23.6 Å². The number of ether oxygens (including phenoxy) is 1. The SMILES string of the molecule is N#Cc1ccc(Oc2cc(C(F)(F)F)nc3ncnn23)c(F)c1. The van der Waals surface area contributed by atoms with Crippen molar-refractivity contribution in [2.75, 3.05) is 0 Å². The molecule has 0 saturated carbocycles. The zero-order chi connectivity index (χ0) is 16.6. The molecule has 0 aliphatic rings. The first-order chi connectivity index (χ1) is 10.9. The average molecular weight is 323 g/mol. The van der Waals surface area contributed by atoms with E-state index in [0.717, 1.165) is 23.0 Å². The largest absolute Gasteiger partial charge is 0.436 e. The number of halogens is 4. The highest BCUT2D eigenvalue weighted by Gasteiger charge is 2.34. The molecule has 10 heteroatoms. The van der Waals surface area contributed by atoms with Gasteiger partial charge in [0.2, 0.25) is 5.88 Å². The highest BCUT2D eigenvalue weighted by Crippen LogP contribution is 2.32. The van der Waals surface area contributed by atoms with Gasteiger partial charge in [0.05, 0.1) is 11.6 Å². The number of fused-ring (bicyclic) bond motifs is 1. The van der Waals surface area contributed by atoms with Gasteiger partial charge in [0.25, 0.3) is 5.78 Å². The van der Waals surface area contributed by atoms with Gasteiger partial charge in [-0.15, -0.1) is 0 Å². The van der Waals surface area contributed by atoms with Crippen molar-refractivity contribution in [1.29, 1.82) is 5.26 Å². The van der Waals surface area contributed by atoms with Crippen molar-refractivity contribution in [2.45, 2.75) is 6.18 Å². The molecular formula is C13H5F4N5O. The Balaban J connectivity index is 2.09. The van der Waals surface area contributed by atoms with Gasteiger partial charge in [-0.2, -0.15) is 33.0 Å². The second-order valence-electron chi connectivity index (χ2n) is 4.31. The third-order valence-corrected chi connectivity index (χ3v) is 2.79. The van der Waals surface area contributed by atoms with Crippen molar-refractivity contribution in [2.24, 2.45) is 0 Å². The van der Waals surface area contributed by atoms with Gasteiger partial charge >= 0.3 is 6.18 Å². The van der Waals surface area contributed by atoms with E-state index in [9.17, 15) is 17.6 Å². The number of hydrogen-bond acceptors (Lipinski definition) is 5. The first kappa shape index (κ1) is 14.7. The minimum Gasteiger partial charge on any atom is -0.436 e. The second kappa shape index (κ2) is 5.20.